The fourth-order valence-electron chi connectivity index (χ4n) is 2.47. The van der Waals surface area contributed by atoms with Crippen LogP contribution in [0.4, 0.5) is 0 Å². The van der Waals surface area contributed by atoms with E-state index in [1.54, 1.807) is 10.6 Å². The molecule has 0 amide bonds. The van der Waals surface area contributed by atoms with Crippen LogP contribution in [-0.2, 0) is 0 Å². The van der Waals surface area contributed by atoms with Crippen molar-refractivity contribution in [2.75, 3.05) is 6.61 Å². The molecule has 0 bridgehead atoms. The maximum atomic E-state index is 11.5. The number of carboxylic acid groups (broad SMARTS) is 1. The first kappa shape index (κ1) is 13.2. The number of carboxylic acids is 1. The van der Waals surface area contributed by atoms with Gasteiger partial charge in [0.05, 0.1) is 17.8 Å². The van der Waals surface area contributed by atoms with Gasteiger partial charge in [0.15, 0.2) is 0 Å². The summed E-state index contributed by atoms with van der Waals surface area (Å²) in [4.78, 5) is 11.5. The van der Waals surface area contributed by atoms with Gasteiger partial charge < -0.3 is 14.4 Å². The number of benzene rings is 2. The minimum absolute atomic E-state index is 0.241. The van der Waals surface area contributed by atoms with Crippen LogP contribution in [0.5, 0.6) is 5.75 Å². The number of aromatic nitrogens is 1. The number of hydrogen-bond donors (Lipinski definition) is 1. The standard InChI is InChI=1S/C17H15NO3/c1-2-21-14-8-5-7-13(11-14)18-15-9-4-3-6-12(15)10-16(18)17(19)20/h3-11H,2H2,1H3,(H,19,20). The smallest absolute Gasteiger partial charge is 0.352 e. The molecule has 3 aromatic rings. The Hall–Kier alpha value is -2.75. The van der Waals surface area contributed by atoms with Crippen LogP contribution >= 0.6 is 0 Å². The van der Waals surface area contributed by atoms with E-state index in [0.717, 1.165) is 22.3 Å². The Morgan fingerprint density at radius 1 is 1.14 bits per heavy atom. The van der Waals surface area contributed by atoms with Gasteiger partial charge in [0, 0.05) is 11.5 Å². The topological polar surface area (TPSA) is 51.5 Å². The first-order valence-electron chi connectivity index (χ1n) is 6.77. The molecule has 0 aliphatic rings. The average Bonchev–Trinajstić information content (AvgIpc) is 2.87. The molecule has 0 saturated carbocycles. The summed E-state index contributed by atoms with van der Waals surface area (Å²) in [5.74, 6) is -0.225. The van der Waals surface area contributed by atoms with Crippen LogP contribution in [0.25, 0.3) is 16.6 Å². The molecule has 0 saturated heterocycles. The lowest BCUT2D eigenvalue weighted by molar-refractivity contribution is 0.0688. The van der Waals surface area contributed by atoms with Gasteiger partial charge in [0.25, 0.3) is 0 Å². The van der Waals surface area contributed by atoms with E-state index in [0.29, 0.717) is 6.61 Å². The Morgan fingerprint density at radius 2 is 1.95 bits per heavy atom. The molecule has 1 heterocycles. The second-order valence-corrected chi connectivity index (χ2v) is 4.66. The highest BCUT2D eigenvalue weighted by atomic mass is 16.5. The molecule has 0 radical (unpaired) electrons. The normalized spacial score (nSPS) is 10.7. The second kappa shape index (κ2) is 5.32. The van der Waals surface area contributed by atoms with Gasteiger partial charge in [-0.15, -0.1) is 0 Å². The van der Waals surface area contributed by atoms with Crippen molar-refractivity contribution >= 4 is 16.9 Å². The van der Waals surface area contributed by atoms with Crippen LogP contribution in [0, 0.1) is 0 Å². The maximum Gasteiger partial charge on any atom is 0.352 e. The molecule has 0 aliphatic carbocycles. The minimum atomic E-state index is -0.951. The summed E-state index contributed by atoms with van der Waals surface area (Å²) in [5, 5.41) is 10.3. The fourth-order valence-corrected chi connectivity index (χ4v) is 2.47. The van der Waals surface area contributed by atoms with Crippen molar-refractivity contribution in [3.8, 4) is 11.4 Å². The molecule has 21 heavy (non-hydrogen) atoms. The second-order valence-electron chi connectivity index (χ2n) is 4.66. The molecule has 3 rings (SSSR count). The predicted octanol–water partition coefficient (Wildman–Crippen LogP) is 3.73. The van der Waals surface area contributed by atoms with E-state index < -0.39 is 5.97 Å². The number of hydrogen-bond acceptors (Lipinski definition) is 2. The van der Waals surface area contributed by atoms with Gasteiger partial charge in [-0.3, -0.25) is 0 Å². The van der Waals surface area contributed by atoms with Gasteiger partial charge in [-0.25, -0.2) is 4.79 Å². The number of rotatable bonds is 4. The summed E-state index contributed by atoms with van der Waals surface area (Å²) >= 11 is 0. The van der Waals surface area contributed by atoms with Crippen molar-refractivity contribution in [2.45, 2.75) is 6.92 Å². The van der Waals surface area contributed by atoms with Crippen LogP contribution in [0.15, 0.2) is 54.6 Å². The molecule has 106 valence electrons. The Kier molecular flexibility index (Phi) is 3.36. The van der Waals surface area contributed by atoms with Gasteiger partial charge in [0.2, 0.25) is 0 Å². The molecular formula is C17H15NO3. The monoisotopic (exact) mass is 281 g/mol. The van der Waals surface area contributed by atoms with Gasteiger partial charge in [-0.2, -0.15) is 0 Å². The summed E-state index contributed by atoms with van der Waals surface area (Å²) in [6.45, 7) is 2.49. The third kappa shape index (κ3) is 2.36. The molecule has 0 unspecified atom stereocenters. The molecule has 1 aromatic heterocycles. The molecule has 4 nitrogen and oxygen atoms in total. The van der Waals surface area contributed by atoms with E-state index in [4.69, 9.17) is 4.74 Å². The Labute approximate surface area is 122 Å². The molecule has 0 aliphatic heterocycles. The van der Waals surface area contributed by atoms with Gasteiger partial charge >= 0.3 is 5.97 Å². The van der Waals surface area contributed by atoms with Crippen LogP contribution < -0.4 is 4.74 Å². The Morgan fingerprint density at radius 3 is 2.71 bits per heavy atom. The van der Waals surface area contributed by atoms with Gasteiger partial charge in [0.1, 0.15) is 11.4 Å². The number of carbonyl (C=O) groups is 1. The zero-order valence-electron chi connectivity index (χ0n) is 11.6. The third-order valence-electron chi connectivity index (χ3n) is 3.32. The van der Waals surface area contributed by atoms with Crippen LogP contribution in [-0.4, -0.2) is 22.2 Å². The zero-order chi connectivity index (χ0) is 14.8. The zero-order valence-corrected chi connectivity index (χ0v) is 11.6. The Bertz CT molecular complexity index is 805. The highest BCUT2D eigenvalue weighted by molar-refractivity contribution is 5.96. The van der Waals surface area contributed by atoms with Crippen molar-refractivity contribution in [3.63, 3.8) is 0 Å². The van der Waals surface area contributed by atoms with E-state index in [1.807, 2.05) is 55.5 Å². The van der Waals surface area contributed by atoms with Crippen LogP contribution in [0.2, 0.25) is 0 Å². The van der Waals surface area contributed by atoms with Gasteiger partial charge in [-0.05, 0) is 31.2 Å². The van der Waals surface area contributed by atoms with E-state index in [1.165, 1.54) is 0 Å². The number of nitrogens with zero attached hydrogens (tertiary/aromatic N) is 1. The van der Waals surface area contributed by atoms with E-state index in [9.17, 15) is 9.90 Å². The quantitative estimate of drug-likeness (QED) is 0.792. The number of aromatic carboxylic acids is 1. The molecular weight excluding hydrogens is 266 g/mol. The van der Waals surface area contributed by atoms with Crippen molar-refractivity contribution in [1.82, 2.24) is 4.57 Å². The van der Waals surface area contributed by atoms with E-state index in [-0.39, 0.29) is 5.69 Å². The number of fused-ring (bicyclic) bond motifs is 1. The lowest BCUT2D eigenvalue weighted by atomic mass is 10.2. The number of ether oxygens (including phenoxy) is 1. The van der Waals surface area contributed by atoms with Gasteiger partial charge in [-0.1, -0.05) is 24.3 Å². The lowest BCUT2D eigenvalue weighted by Crippen LogP contribution is -2.06. The summed E-state index contributed by atoms with van der Waals surface area (Å²) < 4.78 is 7.23. The molecule has 2 aromatic carbocycles. The molecule has 4 heteroatoms. The van der Waals surface area contributed by atoms with Crippen LogP contribution in [0.1, 0.15) is 17.4 Å². The highest BCUT2D eigenvalue weighted by Gasteiger charge is 2.15. The SMILES string of the molecule is CCOc1cccc(-n2c(C(=O)O)cc3ccccc32)c1. The summed E-state index contributed by atoms with van der Waals surface area (Å²) in [6.07, 6.45) is 0. The van der Waals surface area contributed by atoms with E-state index >= 15 is 0 Å². The van der Waals surface area contributed by atoms with Crippen molar-refractivity contribution < 1.29 is 14.6 Å². The van der Waals surface area contributed by atoms with Crippen molar-refractivity contribution in [3.05, 3.63) is 60.3 Å². The average molecular weight is 281 g/mol. The molecule has 0 spiro atoms. The molecule has 0 fully saturated rings. The lowest BCUT2D eigenvalue weighted by Gasteiger charge is -2.10. The number of para-hydroxylation sites is 1. The minimum Gasteiger partial charge on any atom is -0.494 e. The summed E-state index contributed by atoms with van der Waals surface area (Å²) in [5.41, 5.74) is 1.88. The van der Waals surface area contributed by atoms with Crippen LogP contribution in [0.3, 0.4) is 0 Å². The maximum absolute atomic E-state index is 11.5. The third-order valence-corrected chi connectivity index (χ3v) is 3.32. The summed E-state index contributed by atoms with van der Waals surface area (Å²) in [7, 11) is 0. The molecule has 1 N–H and O–H groups in total. The summed E-state index contributed by atoms with van der Waals surface area (Å²) in [6, 6.07) is 16.8. The van der Waals surface area contributed by atoms with Crippen molar-refractivity contribution in [2.24, 2.45) is 0 Å². The largest absolute Gasteiger partial charge is 0.494 e. The first-order valence-corrected chi connectivity index (χ1v) is 6.77. The first-order chi connectivity index (χ1) is 10.2. The van der Waals surface area contributed by atoms with E-state index in [2.05, 4.69) is 0 Å². The molecule has 0 atom stereocenters. The highest BCUT2D eigenvalue weighted by Crippen LogP contribution is 2.26. The fraction of sp³-hybridized carbons (Fsp3) is 0.118. The Balaban J connectivity index is 2.25. The van der Waals surface area contributed by atoms with Crippen molar-refractivity contribution in [1.29, 1.82) is 0 Å². The predicted molar refractivity (Wildman–Crippen MR) is 81.4 cm³/mol.